The van der Waals surface area contributed by atoms with Crippen molar-refractivity contribution in [3.05, 3.63) is 63.8 Å². The minimum absolute atomic E-state index is 0.0171. The number of carbonyl (C=O) groups is 1. The van der Waals surface area contributed by atoms with Gasteiger partial charge < -0.3 is 4.90 Å². The predicted molar refractivity (Wildman–Crippen MR) is 101 cm³/mol. The number of benzene rings is 1. The van der Waals surface area contributed by atoms with Crippen LogP contribution in [0, 0.1) is 6.92 Å². The van der Waals surface area contributed by atoms with Crippen LogP contribution in [0.1, 0.15) is 11.3 Å². The van der Waals surface area contributed by atoms with Gasteiger partial charge in [-0.1, -0.05) is 15.9 Å². The number of thiazole rings is 1. The van der Waals surface area contributed by atoms with E-state index in [0.717, 1.165) is 32.0 Å². The van der Waals surface area contributed by atoms with E-state index in [1.165, 1.54) is 11.3 Å². The molecule has 1 aromatic carbocycles. The van der Waals surface area contributed by atoms with Crippen molar-refractivity contribution in [2.75, 3.05) is 11.9 Å². The molecule has 2 heterocycles. The second kappa shape index (κ2) is 7.23. The average molecular weight is 402 g/mol. The van der Waals surface area contributed by atoms with Crippen molar-refractivity contribution in [3.63, 3.8) is 0 Å². The molecule has 24 heavy (non-hydrogen) atoms. The number of aromatic nitrogens is 2. The summed E-state index contributed by atoms with van der Waals surface area (Å²) in [5, 5.41) is 2.82. The Labute approximate surface area is 153 Å². The van der Waals surface area contributed by atoms with Crippen LogP contribution < -0.4 is 4.90 Å². The van der Waals surface area contributed by atoms with Gasteiger partial charge >= 0.3 is 0 Å². The number of pyridine rings is 1. The Hall–Kier alpha value is -2.05. The monoisotopic (exact) mass is 401 g/mol. The second-order valence-electron chi connectivity index (χ2n) is 5.45. The standard InChI is InChI=1S/C18H16BrN3OS/c1-12-8-14(19)5-6-16(12)22(2)17(23)9-15-11-24-18(21-15)13-4-3-7-20-10-13/h3-8,10-11H,9H2,1-2H3. The van der Waals surface area contributed by atoms with Gasteiger partial charge in [0.15, 0.2) is 0 Å². The molecule has 0 atom stereocenters. The Morgan fingerprint density at radius 1 is 1.33 bits per heavy atom. The molecule has 2 aromatic heterocycles. The quantitative estimate of drug-likeness (QED) is 0.647. The molecule has 0 unspecified atom stereocenters. The Kier molecular flexibility index (Phi) is 5.06. The molecule has 0 aliphatic heterocycles. The van der Waals surface area contributed by atoms with Gasteiger partial charge in [-0.05, 0) is 42.8 Å². The third-order valence-corrected chi connectivity index (χ3v) is 5.12. The molecule has 3 aromatic rings. The smallest absolute Gasteiger partial charge is 0.232 e. The summed E-state index contributed by atoms with van der Waals surface area (Å²) in [6.45, 7) is 1.99. The molecule has 0 aliphatic rings. The van der Waals surface area contributed by atoms with Crippen LogP contribution in [0.5, 0.6) is 0 Å². The Morgan fingerprint density at radius 2 is 2.17 bits per heavy atom. The van der Waals surface area contributed by atoms with Crippen LogP contribution in [-0.2, 0) is 11.2 Å². The number of hydrogen-bond donors (Lipinski definition) is 0. The molecule has 1 amide bonds. The maximum Gasteiger partial charge on any atom is 0.232 e. The average Bonchev–Trinajstić information content (AvgIpc) is 3.03. The molecule has 0 radical (unpaired) electrons. The van der Waals surface area contributed by atoms with Gasteiger partial charge in [-0.2, -0.15) is 0 Å². The van der Waals surface area contributed by atoms with E-state index in [1.54, 1.807) is 24.3 Å². The maximum atomic E-state index is 12.6. The normalized spacial score (nSPS) is 10.6. The van der Waals surface area contributed by atoms with Gasteiger partial charge in [0.05, 0.1) is 12.1 Å². The lowest BCUT2D eigenvalue weighted by atomic mass is 10.1. The molecule has 0 saturated heterocycles. The van der Waals surface area contributed by atoms with Gasteiger partial charge in [-0.3, -0.25) is 9.78 Å². The van der Waals surface area contributed by atoms with Gasteiger partial charge in [0.25, 0.3) is 0 Å². The zero-order valence-corrected chi connectivity index (χ0v) is 15.8. The van der Waals surface area contributed by atoms with E-state index in [0.29, 0.717) is 0 Å². The van der Waals surface area contributed by atoms with Crippen LogP contribution >= 0.6 is 27.3 Å². The number of aryl methyl sites for hydroxylation is 1. The molecule has 0 aliphatic carbocycles. The lowest BCUT2D eigenvalue weighted by Crippen LogP contribution is -2.28. The van der Waals surface area contributed by atoms with Crippen LogP contribution in [0.4, 0.5) is 5.69 Å². The van der Waals surface area contributed by atoms with Crippen molar-refractivity contribution in [2.45, 2.75) is 13.3 Å². The summed E-state index contributed by atoms with van der Waals surface area (Å²) in [5.41, 5.74) is 3.71. The van der Waals surface area contributed by atoms with Gasteiger partial charge in [-0.15, -0.1) is 11.3 Å². The highest BCUT2D eigenvalue weighted by atomic mass is 79.9. The first kappa shape index (κ1) is 16.8. The first-order valence-corrected chi connectivity index (χ1v) is 9.09. The molecule has 0 bridgehead atoms. The highest BCUT2D eigenvalue weighted by Gasteiger charge is 2.16. The lowest BCUT2D eigenvalue weighted by Gasteiger charge is -2.19. The molecule has 0 fully saturated rings. The first-order valence-electron chi connectivity index (χ1n) is 7.42. The summed E-state index contributed by atoms with van der Waals surface area (Å²) in [6, 6.07) is 9.73. The topological polar surface area (TPSA) is 46.1 Å². The van der Waals surface area contributed by atoms with Crippen LogP contribution in [0.15, 0.2) is 52.6 Å². The first-order chi connectivity index (χ1) is 11.5. The van der Waals surface area contributed by atoms with Gasteiger partial charge in [-0.25, -0.2) is 4.98 Å². The van der Waals surface area contributed by atoms with E-state index >= 15 is 0 Å². The van der Waals surface area contributed by atoms with E-state index in [1.807, 2.05) is 42.6 Å². The Bertz CT molecular complexity index is 864. The third kappa shape index (κ3) is 3.71. The van der Waals surface area contributed by atoms with E-state index < -0.39 is 0 Å². The zero-order chi connectivity index (χ0) is 17.1. The molecule has 0 spiro atoms. The zero-order valence-electron chi connectivity index (χ0n) is 13.4. The SMILES string of the molecule is Cc1cc(Br)ccc1N(C)C(=O)Cc1csc(-c2cccnc2)n1. The van der Waals surface area contributed by atoms with E-state index in [2.05, 4.69) is 25.9 Å². The molecule has 6 heteroatoms. The number of amides is 1. The summed E-state index contributed by atoms with van der Waals surface area (Å²) in [4.78, 5) is 22.9. The summed E-state index contributed by atoms with van der Waals surface area (Å²) >= 11 is 4.97. The van der Waals surface area contributed by atoms with Crippen LogP contribution in [-0.4, -0.2) is 22.9 Å². The fourth-order valence-electron chi connectivity index (χ4n) is 2.41. The van der Waals surface area contributed by atoms with E-state index in [9.17, 15) is 4.79 Å². The summed E-state index contributed by atoms with van der Waals surface area (Å²) < 4.78 is 1.00. The number of hydrogen-bond acceptors (Lipinski definition) is 4. The number of carbonyl (C=O) groups excluding carboxylic acids is 1. The lowest BCUT2D eigenvalue weighted by molar-refractivity contribution is -0.117. The molecule has 3 rings (SSSR count). The number of anilines is 1. The van der Waals surface area contributed by atoms with Crippen molar-refractivity contribution in [1.29, 1.82) is 0 Å². The summed E-state index contributed by atoms with van der Waals surface area (Å²) in [5.74, 6) is 0.0171. The second-order valence-corrected chi connectivity index (χ2v) is 7.22. The van der Waals surface area contributed by atoms with Crippen molar-refractivity contribution in [1.82, 2.24) is 9.97 Å². The van der Waals surface area contributed by atoms with Crippen LogP contribution in [0.25, 0.3) is 10.6 Å². The molecule has 0 N–H and O–H groups in total. The fraction of sp³-hybridized carbons (Fsp3) is 0.167. The molecular weight excluding hydrogens is 386 g/mol. The largest absolute Gasteiger partial charge is 0.315 e. The van der Waals surface area contributed by atoms with Gasteiger partial charge in [0.2, 0.25) is 5.91 Å². The number of likely N-dealkylation sites (N-methyl/N-ethyl adjacent to an activating group) is 1. The Morgan fingerprint density at radius 3 is 2.88 bits per heavy atom. The number of nitrogens with zero attached hydrogens (tertiary/aromatic N) is 3. The molecule has 0 saturated carbocycles. The maximum absolute atomic E-state index is 12.6. The molecule has 4 nitrogen and oxygen atoms in total. The molecular formula is C18H16BrN3OS. The minimum atomic E-state index is 0.0171. The van der Waals surface area contributed by atoms with Gasteiger partial charge in [0, 0.05) is 40.5 Å². The fourth-order valence-corrected chi connectivity index (χ4v) is 3.70. The number of halogens is 1. The Balaban J connectivity index is 1.74. The minimum Gasteiger partial charge on any atom is -0.315 e. The van der Waals surface area contributed by atoms with Gasteiger partial charge in [0.1, 0.15) is 5.01 Å². The van der Waals surface area contributed by atoms with E-state index in [-0.39, 0.29) is 12.3 Å². The highest BCUT2D eigenvalue weighted by Crippen LogP contribution is 2.25. The highest BCUT2D eigenvalue weighted by molar-refractivity contribution is 9.10. The van der Waals surface area contributed by atoms with Crippen LogP contribution in [0.2, 0.25) is 0 Å². The molecule has 122 valence electrons. The number of rotatable bonds is 4. The van der Waals surface area contributed by atoms with E-state index in [4.69, 9.17) is 0 Å². The van der Waals surface area contributed by atoms with Crippen molar-refractivity contribution >= 4 is 38.9 Å². The third-order valence-electron chi connectivity index (χ3n) is 3.69. The summed E-state index contributed by atoms with van der Waals surface area (Å²) in [7, 11) is 1.80. The van der Waals surface area contributed by atoms with Crippen molar-refractivity contribution in [3.8, 4) is 10.6 Å². The predicted octanol–water partition coefficient (Wildman–Crippen LogP) is 4.48. The van der Waals surface area contributed by atoms with Crippen molar-refractivity contribution < 1.29 is 4.79 Å². The van der Waals surface area contributed by atoms with Crippen LogP contribution in [0.3, 0.4) is 0 Å². The van der Waals surface area contributed by atoms with Crippen molar-refractivity contribution in [2.24, 2.45) is 0 Å². The summed E-state index contributed by atoms with van der Waals surface area (Å²) in [6.07, 6.45) is 3.79.